The molecule has 3 aromatic rings. The average Bonchev–Trinajstić information content (AvgIpc) is 3.16. The van der Waals surface area contributed by atoms with Crippen LogP contribution in [0.4, 0.5) is 5.82 Å². The predicted molar refractivity (Wildman–Crippen MR) is 117 cm³/mol. The van der Waals surface area contributed by atoms with Gasteiger partial charge in [0, 0.05) is 32.1 Å². The van der Waals surface area contributed by atoms with Crippen molar-refractivity contribution in [1.29, 1.82) is 0 Å². The van der Waals surface area contributed by atoms with E-state index in [4.69, 9.17) is 0 Å². The molecule has 0 unspecified atom stereocenters. The summed E-state index contributed by atoms with van der Waals surface area (Å²) < 4.78 is 2.02. The number of amides is 1. The van der Waals surface area contributed by atoms with Crippen molar-refractivity contribution < 1.29 is 9.59 Å². The first kappa shape index (κ1) is 19.9. The highest BCUT2D eigenvalue weighted by Crippen LogP contribution is 2.25. The first-order valence-corrected chi connectivity index (χ1v) is 10.3. The number of benzene rings is 2. The summed E-state index contributed by atoms with van der Waals surface area (Å²) in [6, 6.07) is 19.1. The van der Waals surface area contributed by atoms with Crippen LogP contribution in [0.5, 0.6) is 0 Å². The number of nitrogens with one attached hydrogen (secondary N) is 1. The Morgan fingerprint density at radius 3 is 2.47 bits per heavy atom. The molecule has 1 aliphatic rings. The minimum absolute atomic E-state index is 0.0300. The lowest BCUT2D eigenvalue weighted by Crippen LogP contribution is -2.30. The van der Waals surface area contributed by atoms with Gasteiger partial charge < -0.3 is 14.8 Å². The number of aryl methyl sites for hydroxylation is 1. The highest BCUT2D eigenvalue weighted by atomic mass is 16.2. The van der Waals surface area contributed by atoms with Gasteiger partial charge in [-0.15, -0.1) is 0 Å². The monoisotopic (exact) mass is 402 g/mol. The summed E-state index contributed by atoms with van der Waals surface area (Å²) in [4.78, 5) is 32.3. The standard InChI is InChI=1S/C24H26N4O2/c1-27(17-18-10-4-2-5-11-18)24(30)22-23(26-21-14-8-9-15-28(21)22)25-16-20(29)19-12-6-3-7-13-19/h2-7,10-13,25H,8-9,14-17H2,1H3. The van der Waals surface area contributed by atoms with Crippen LogP contribution in [0.2, 0.25) is 0 Å². The molecule has 6 heteroatoms. The fraction of sp³-hybridized carbons (Fsp3) is 0.292. The number of Topliss-reactive ketones (excluding diaryl/α,β-unsaturated/α-hetero) is 1. The largest absolute Gasteiger partial charge is 0.361 e. The number of anilines is 1. The molecule has 6 nitrogen and oxygen atoms in total. The molecule has 1 N–H and O–H groups in total. The summed E-state index contributed by atoms with van der Waals surface area (Å²) >= 11 is 0. The van der Waals surface area contributed by atoms with E-state index in [2.05, 4.69) is 10.3 Å². The summed E-state index contributed by atoms with van der Waals surface area (Å²) in [5.41, 5.74) is 2.26. The van der Waals surface area contributed by atoms with Crippen LogP contribution >= 0.6 is 0 Å². The van der Waals surface area contributed by atoms with E-state index in [0.29, 0.717) is 23.6 Å². The SMILES string of the molecule is CN(Cc1ccccc1)C(=O)c1c(NCC(=O)c2ccccc2)nc2n1CCCC2. The summed E-state index contributed by atoms with van der Waals surface area (Å²) in [6.45, 7) is 1.39. The number of hydrogen-bond donors (Lipinski definition) is 1. The lowest BCUT2D eigenvalue weighted by molar-refractivity contribution is 0.0773. The highest BCUT2D eigenvalue weighted by molar-refractivity contribution is 6.01. The van der Waals surface area contributed by atoms with Crippen LogP contribution in [0.3, 0.4) is 0 Å². The molecule has 154 valence electrons. The van der Waals surface area contributed by atoms with Crippen LogP contribution < -0.4 is 5.32 Å². The molecular formula is C24H26N4O2. The second kappa shape index (κ2) is 8.95. The minimum Gasteiger partial charge on any atom is -0.361 e. The molecule has 0 spiro atoms. The first-order valence-electron chi connectivity index (χ1n) is 10.3. The van der Waals surface area contributed by atoms with Crippen molar-refractivity contribution in [3.05, 3.63) is 83.3 Å². The number of fused-ring (bicyclic) bond motifs is 1. The maximum absolute atomic E-state index is 13.4. The van der Waals surface area contributed by atoms with Crippen LogP contribution in [-0.2, 0) is 19.5 Å². The molecule has 1 amide bonds. The van der Waals surface area contributed by atoms with Crippen molar-refractivity contribution in [3.8, 4) is 0 Å². The number of imidazole rings is 1. The van der Waals surface area contributed by atoms with E-state index < -0.39 is 0 Å². The Morgan fingerprint density at radius 1 is 1.03 bits per heavy atom. The van der Waals surface area contributed by atoms with Crippen molar-refractivity contribution >= 4 is 17.5 Å². The van der Waals surface area contributed by atoms with Gasteiger partial charge in [-0.3, -0.25) is 9.59 Å². The summed E-state index contributed by atoms with van der Waals surface area (Å²) in [6.07, 6.45) is 2.93. The Labute approximate surface area is 176 Å². The van der Waals surface area contributed by atoms with Gasteiger partial charge in [0.2, 0.25) is 0 Å². The van der Waals surface area contributed by atoms with E-state index in [0.717, 1.165) is 37.2 Å². The number of carbonyl (C=O) groups excluding carboxylic acids is 2. The second-order valence-corrected chi connectivity index (χ2v) is 7.62. The zero-order valence-electron chi connectivity index (χ0n) is 17.2. The third-order valence-electron chi connectivity index (χ3n) is 5.40. The van der Waals surface area contributed by atoms with E-state index in [1.807, 2.05) is 53.1 Å². The molecule has 0 saturated carbocycles. The molecule has 0 radical (unpaired) electrons. The zero-order chi connectivity index (χ0) is 20.9. The molecule has 2 aromatic carbocycles. The van der Waals surface area contributed by atoms with Gasteiger partial charge in [0.1, 0.15) is 5.82 Å². The van der Waals surface area contributed by atoms with Crippen LogP contribution in [0, 0.1) is 0 Å². The first-order chi connectivity index (χ1) is 14.6. The maximum Gasteiger partial charge on any atom is 0.274 e. The summed E-state index contributed by atoms with van der Waals surface area (Å²) in [5.74, 6) is 1.29. The Balaban J connectivity index is 1.56. The third kappa shape index (κ3) is 4.27. The molecule has 0 atom stereocenters. The number of carbonyl (C=O) groups is 2. The molecule has 0 fully saturated rings. The normalized spacial score (nSPS) is 12.8. The van der Waals surface area contributed by atoms with E-state index in [1.165, 1.54) is 0 Å². The Bertz CT molecular complexity index is 1030. The smallest absolute Gasteiger partial charge is 0.274 e. The number of ketones is 1. The van der Waals surface area contributed by atoms with Gasteiger partial charge in [-0.25, -0.2) is 4.98 Å². The summed E-state index contributed by atoms with van der Waals surface area (Å²) in [5, 5.41) is 3.14. The van der Waals surface area contributed by atoms with Crippen LogP contribution in [0.1, 0.15) is 45.1 Å². The van der Waals surface area contributed by atoms with Gasteiger partial charge in [0.15, 0.2) is 17.3 Å². The molecule has 0 bridgehead atoms. The van der Waals surface area contributed by atoms with Gasteiger partial charge in [0.25, 0.3) is 5.91 Å². The van der Waals surface area contributed by atoms with E-state index in [1.54, 1.807) is 24.1 Å². The van der Waals surface area contributed by atoms with Gasteiger partial charge in [-0.1, -0.05) is 60.7 Å². The lowest BCUT2D eigenvalue weighted by Gasteiger charge is -2.21. The molecule has 30 heavy (non-hydrogen) atoms. The molecule has 0 saturated heterocycles. The number of nitrogens with zero attached hydrogens (tertiary/aromatic N) is 3. The van der Waals surface area contributed by atoms with Crippen LogP contribution in [-0.4, -0.2) is 39.7 Å². The quantitative estimate of drug-likeness (QED) is 0.611. The molecule has 0 aliphatic carbocycles. The van der Waals surface area contributed by atoms with E-state index >= 15 is 0 Å². The average molecular weight is 402 g/mol. The number of hydrogen-bond acceptors (Lipinski definition) is 4. The molecule has 4 rings (SSSR count). The Hall–Kier alpha value is -3.41. The number of rotatable bonds is 7. The minimum atomic E-state index is -0.0887. The van der Waals surface area contributed by atoms with Crippen molar-refractivity contribution in [3.63, 3.8) is 0 Å². The van der Waals surface area contributed by atoms with Crippen molar-refractivity contribution in [2.75, 3.05) is 18.9 Å². The van der Waals surface area contributed by atoms with Crippen molar-refractivity contribution in [2.45, 2.75) is 32.4 Å². The fourth-order valence-electron chi connectivity index (χ4n) is 3.82. The van der Waals surface area contributed by atoms with Gasteiger partial charge in [-0.2, -0.15) is 0 Å². The number of aromatic nitrogens is 2. The van der Waals surface area contributed by atoms with Crippen LogP contribution in [0.25, 0.3) is 0 Å². The molecule has 2 heterocycles. The van der Waals surface area contributed by atoms with Crippen molar-refractivity contribution in [2.24, 2.45) is 0 Å². The second-order valence-electron chi connectivity index (χ2n) is 7.62. The highest BCUT2D eigenvalue weighted by Gasteiger charge is 2.27. The molecular weight excluding hydrogens is 376 g/mol. The van der Waals surface area contributed by atoms with E-state index in [-0.39, 0.29) is 18.2 Å². The van der Waals surface area contributed by atoms with Gasteiger partial charge in [-0.05, 0) is 18.4 Å². The fourth-order valence-corrected chi connectivity index (χ4v) is 3.82. The topological polar surface area (TPSA) is 67.2 Å². The Kier molecular flexibility index (Phi) is 5.93. The zero-order valence-corrected chi connectivity index (χ0v) is 17.2. The van der Waals surface area contributed by atoms with Crippen molar-refractivity contribution in [1.82, 2.24) is 14.5 Å². The van der Waals surface area contributed by atoms with Crippen LogP contribution in [0.15, 0.2) is 60.7 Å². The third-order valence-corrected chi connectivity index (χ3v) is 5.40. The lowest BCUT2D eigenvalue weighted by atomic mass is 10.1. The molecule has 1 aliphatic heterocycles. The predicted octanol–water partition coefficient (Wildman–Crippen LogP) is 3.79. The molecule has 1 aromatic heterocycles. The Morgan fingerprint density at radius 2 is 1.73 bits per heavy atom. The van der Waals surface area contributed by atoms with E-state index in [9.17, 15) is 9.59 Å². The summed E-state index contributed by atoms with van der Waals surface area (Å²) in [7, 11) is 1.80. The van der Waals surface area contributed by atoms with Gasteiger partial charge >= 0.3 is 0 Å². The maximum atomic E-state index is 13.4. The van der Waals surface area contributed by atoms with Gasteiger partial charge in [0.05, 0.1) is 6.54 Å².